The van der Waals surface area contributed by atoms with Crippen LogP contribution in [-0.2, 0) is 41.6 Å². The number of unbranched alkanes of at least 4 members (excludes halogenated alkanes) is 1. The first-order valence-corrected chi connectivity index (χ1v) is 19.7. The summed E-state index contributed by atoms with van der Waals surface area (Å²) >= 11 is 0. The molecule has 4 atom stereocenters. The minimum atomic E-state index is -1.40. The fraction of sp³-hybridized carbons (Fsp3) is 0.571. The van der Waals surface area contributed by atoms with Crippen molar-refractivity contribution in [1.82, 2.24) is 26.2 Å². The summed E-state index contributed by atoms with van der Waals surface area (Å²) in [5.74, 6) is -3.80. The van der Waals surface area contributed by atoms with Gasteiger partial charge in [-0.15, -0.1) is 0 Å². The van der Waals surface area contributed by atoms with Gasteiger partial charge in [0.05, 0.1) is 6.04 Å². The van der Waals surface area contributed by atoms with Crippen LogP contribution in [0.25, 0.3) is 0 Å². The van der Waals surface area contributed by atoms with Crippen molar-refractivity contribution >= 4 is 35.6 Å². The minimum Gasteiger partial charge on any atom is -0.481 e. The second-order valence-electron chi connectivity index (χ2n) is 16.3. The SMILES string of the molecule is CC(=O)O.CC(C)C[C@@H](NC(=O)[C@@H](Cc1ccccc1)NC(=O)[C@H](N)Cc1ccccc1)C(=O)N[C@H](CCCCNC(C)(C)C)C(=O)N1CCC(N)(C(=O)O)CC1. The van der Waals surface area contributed by atoms with Gasteiger partial charge in [-0.25, -0.2) is 0 Å². The molecule has 1 aliphatic heterocycles. The number of benzene rings is 2. The van der Waals surface area contributed by atoms with E-state index >= 15 is 0 Å². The number of carboxylic acid groups (broad SMARTS) is 2. The summed E-state index contributed by atoms with van der Waals surface area (Å²) in [6, 6.07) is 14.8. The van der Waals surface area contributed by atoms with Gasteiger partial charge >= 0.3 is 5.97 Å². The summed E-state index contributed by atoms with van der Waals surface area (Å²) < 4.78 is 0. The van der Waals surface area contributed by atoms with E-state index in [4.69, 9.17) is 21.4 Å². The molecule has 0 spiro atoms. The number of nitrogens with two attached hydrogens (primary N) is 2. The summed E-state index contributed by atoms with van der Waals surface area (Å²) in [7, 11) is 0. The number of carbonyl (C=O) groups is 6. The number of carbonyl (C=O) groups excluding carboxylic acids is 4. The van der Waals surface area contributed by atoms with Crippen molar-refractivity contribution in [2.75, 3.05) is 19.6 Å². The van der Waals surface area contributed by atoms with Gasteiger partial charge in [-0.2, -0.15) is 0 Å². The number of hydrogen-bond acceptors (Lipinski definition) is 9. The second-order valence-corrected chi connectivity index (χ2v) is 16.3. The molecule has 2 aromatic rings. The number of amides is 4. The Hall–Kier alpha value is -4.86. The number of hydrogen-bond donors (Lipinski definition) is 8. The number of nitrogens with zero attached hydrogens (tertiary/aromatic N) is 1. The minimum absolute atomic E-state index is 0.000855. The van der Waals surface area contributed by atoms with Crippen LogP contribution in [-0.4, -0.2) is 106 Å². The molecular formula is C42H65N7O8. The lowest BCUT2D eigenvalue weighted by molar-refractivity contribution is -0.148. The first-order valence-electron chi connectivity index (χ1n) is 19.7. The Bertz CT molecular complexity index is 1590. The fourth-order valence-electron chi connectivity index (χ4n) is 6.30. The highest BCUT2D eigenvalue weighted by Gasteiger charge is 2.40. The molecule has 2 aromatic carbocycles. The Morgan fingerprint density at radius 2 is 1.23 bits per heavy atom. The zero-order valence-electron chi connectivity index (χ0n) is 34.4. The third kappa shape index (κ3) is 18.3. The largest absolute Gasteiger partial charge is 0.481 e. The van der Waals surface area contributed by atoms with E-state index in [0.717, 1.165) is 31.0 Å². The van der Waals surface area contributed by atoms with Crippen LogP contribution in [0, 0.1) is 5.92 Å². The molecule has 10 N–H and O–H groups in total. The summed E-state index contributed by atoms with van der Waals surface area (Å²) in [6.45, 7) is 12.2. The van der Waals surface area contributed by atoms with Crippen LogP contribution in [0.15, 0.2) is 60.7 Å². The monoisotopic (exact) mass is 795 g/mol. The van der Waals surface area contributed by atoms with Gasteiger partial charge in [-0.3, -0.25) is 28.8 Å². The van der Waals surface area contributed by atoms with Gasteiger partial charge in [0.1, 0.15) is 23.7 Å². The molecule has 0 aromatic heterocycles. The number of piperidine rings is 1. The van der Waals surface area contributed by atoms with Crippen LogP contribution < -0.4 is 32.7 Å². The van der Waals surface area contributed by atoms with E-state index in [0.29, 0.717) is 12.8 Å². The summed E-state index contributed by atoms with van der Waals surface area (Å²) in [5.41, 5.74) is 12.6. The predicted octanol–water partition coefficient (Wildman–Crippen LogP) is 2.35. The fourth-order valence-corrected chi connectivity index (χ4v) is 6.30. The van der Waals surface area contributed by atoms with E-state index in [2.05, 4.69) is 42.0 Å². The molecule has 15 heteroatoms. The average molecular weight is 796 g/mol. The lowest BCUT2D eigenvalue weighted by atomic mass is 9.88. The third-order valence-electron chi connectivity index (χ3n) is 9.47. The average Bonchev–Trinajstić information content (AvgIpc) is 3.13. The van der Waals surface area contributed by atoms with Crippen molar-refractivity contribution in [3.05, 3.63) is 71.8 Å². The van der Waals surface area contributed by atoms with Crippen LogP contribution in [0.3, 0.4) is 0 Å². The molecule has 1 aliphatic rings. The summed E-state index contributed by atoms with van der Waals surface area (Å²) in [6.07, 6.45) is 2.69. The maximum atomic E-state index is 14.0. The maximum absolute atomic E-state index is 14.0. The number of rotatable bonds is 19. The number of likely N-dealkylation sites (tertiary alicyclic amines) is 1. The highest BCUT2D eigenvalue weighted by Crippen LogP contribution is 2.21. The molecule has 57 heavy (non-hydrogen) atoms. The first-order chi connectivity index (χ1) is 26.7. The quantitative estimate of drug-likeness (QED) is 0.0960. The molecule has 0 saturated carbocycles. The Morgan fingerprint density at radius 3 is 1.72 bits per heavy atom. The van der Waals surface area contributed by atoms with Crippen LogP contribution in [0.2, 0.25) is 0 Å². The summed E-state index contributed by atoms with van der Waals surface area (Å²) in [5, 5.41) is 29.1. The van der Waals surface area contributed by atoms with E-state index in [9.17, 15) is 29.1 Å². The van der Waals surface area contributed by atoms with Crippen molar-refractivity contribution in [2.45, 2.75) is 128 Å². The zero-order valence-corrected chi connectivity index (χ0v) is 34.4. The Kier molecular flexibility index (Phi) is 19.8. The first kappa shape index (κ1) is 48.3. The molecule has 3 rings (SSSR count). The normalized spacial score (nSPS) is 15.8. The molecule has 0 radical (unpaired) electrons. The Morgan fingerprint density at radius 1 is 0.754 bits per heavy atom. The van der Waals surface area contributed by atoms with Crippen molar-refractivity contribution in [1.29, 1.82) is 0 Å². The van der Waals surface area contributed by atoms with Crippen LogP contribution >= 0.6 is 0 Å². The van der Waals surface area contributed by atoms with E-state index in [1.165, 1.54) is 0 Å². The van der Waals surface area contributed by atoms with Gasteiger partial charge in [-0.05, 0) is 89.3 Å². The van der Waals surface area contributed by atoms with Crippen LogP contribution in [0.1, 0.15) is 91.2 Å². The standard InChI is InChI=1S/C40H61N7O6.C2H4O2/c1-27(2)24-32(46-36(50)33(26-29-16-10-7-11-17-29)45-34(48)30(41)25-28-14-8-6-9-15-28)35(49)44-31(18-12-13-21-43-39(3,4)5)37(51)47-22-19-40(42,20-23-47)38(52)53;1-2(3)4/h6-11,14-17,27,30-33,43H,12-13,18-26,41-42H2,1-5H3,(H,44,49)(H,45,48)(H,46,50)(H,52,53);1H3,(H,3,4)/t30-,31-,32-,33-;/m1./s1. The topological polar surface area (TPSA) is 246 Å². The highest BCUT2D eigenvalue weighted by molar-refractivity contribution is 5.95. The van der Waals surface area contributed by atoms with Crippen molar-refractivity contribution in [3.8, 4) is 0 Å². The predicted molar refractivity (Wildman–Crippen MR) is 219 cm³/mol. The molecule has 4 amide bonds. The molecule has 15 nitrogen and oxygen atoms in total. The third-order valence-corrected chi connectivity index (χ3v) is 9.47. The zero-order chi connectivity index (χ0) is 42.8. The van der Waals surface area contributed by atoms with Crippen LogP contribution in [0.4, 0.5) is 0 Å². The molecule has 1 fully saturated rings. The van der Waals surface area contributed by atoms with Crippen LogP contribution in [0.5, 0.6) is 0 Å². The van der Waals surface area contributed by atoms with Gasteiger partial charge < -0.3 is 47.8 Å². The highest BCUT2D eigenvalue weighted by atomic mass is 16.4. The molecule has 1 saturated heterocycles. The molecule has 316 valence electrons. The van der Waals surface area contributed by atoms with Gasteiger partial charge in [0.25, 0.3) is 5.97 Å². The van der Waals surface area contributed by atoms with E-state index in [1.54, 1.807) is 4.90 Å². The second kappa shape index (κ2) is 23.4. The molecule has 0 unspecified atom stereocenters. The lowest BCUT2D eigenvalue weighted by Crippen LogP contribution is -2.60. The molecule has 0 aliphatic carbocycles. The maximum Gasteiger partial charge on any atom is 0.323 e. The van der Waals surface area contributed by atoms with E-state index in [1.807, 2.05) is 74.5 Å². The van der Waals surface area contributed by atoms with Crippen molar-refractivity contribution in [2.24, 2.45) is 17.4 Å². The summed E-state index contributed by atoms with van der Waals surface area (Å²) in [4.78, 5) is 77.5. The van der Waals surface area contributed by atoms with E-state index < -0.39 is 59.4 Å². The number of carboxylic acids is 2. The Labute approximate surface area is 337 Å². The van der Waals surface area contributed by atoms with Gasteiger partial charge in [0.15, 0.2) is 0 Å². The number of aliphatic carboxylic acids is 2. The molecular weight excluding hydrogens is 731 g/mol. The van der Waals surface area contributed by atoms with Crippen molar-refractivity contribution < 1.29 is 39.0 Å². The number of nitrogens with one attached hydrogen (secondary N) is 4. The lowest BCUT2D eigenvalue weighted by Gasteiger charge is -2.38. The van der Waals surface area contributed by atoms with Gasteiger partial charge in [-0.1, -0.05) is 74.5 Å². The van der Waals surface area contributed by atoms with Gasteiger partial charge in [0, 0.05) is 32.0 Å². The Balaban J connectivity index is 0.00000267. The van der Waals surface area contributed by atoms with E-state index in [-0.39, 0.29) is 62.6 Å². The molecule has 0 bridgehead atoms. The molecule has 1 heterocycles. The van der Waals surface area contributed by atoms with Crippen molar-refractivity contribution in [3.63, 3.8) is 0 Å². The smallest absolute Gasteiger partial charge is 0.323 e. The van der Waals surface area contributed by atoms with Gasteiger partial charge in [0.2, 0.25) is 23.6 Å².